The molecule has 0 spiro atoms. The van der Waals surface area contributed by atoms with Crippen molar-refractivity contribution in [1.82, 2.24) is 19.8 Å². The van der Waals surface area contributed by atoms with Crippen molar-refractivity contribution in [3.05, 3.63) is 56.0 Å². The molecule has 9 nitrogen and oxygen atoms in total. The molecule has 0 amide bonds. The minimum Gasteiger partial charge on any atom is -0.293 e. The first-order valence-electron chi connectivity index (χ1n) is 6.59. The van der Waals surface area contributed by atoms with E-state index in [4.69, 9.17) is 0 Å². The van der Waals surface area contributed by atoms with Gasteiger partial charge in [-0.2, -0.15) is 4.52 Å². The molecule has 0 N–H and O–H groups in total. The summed E-state index contributed by atoms with van der Waals surface area (Å²) >= 11 is 2.33. The third-order valence-corrected chi connectivity index (χ3v) is 5.09. The monoisotopic (exact) mass is 363 g/mol. The Hall–Kier alpha value is -2.66. The molecule has 1 aromatic carbocycles. The largest absolute Gasteiger partial charge is 0.296 e. The third kappa shape index (κ3) is 3.16. The summed E-state index contributed by atoms with van der Waals surface area (Å²) in [4.78, 5) is 34.4. The minimum atomic E-state index is -0.523. The van der Waals surface area contributed by atoms with E-state index in [1.54, 1.807) is 6.92 Å². The topological polar surface area (TPSA) is 120 Å². The van der Waals surface area contributed by atoms with Gasteiger partial charge in [0.05, 0.1) is 10.7 Å². The summed E-state index contributed by atoms with van der Waals surface area (Å²) in [6, 6.07) is 5.40. The molecule has 0 saturated carbocycles. The molecule has 0 atom stereocenters. The van der Waals surface area contributed by atoms with Crippen LogP contribution in [-0.4, -0.2) is 36.3 Å². The van der Waals surface area contributed by atoms with Crippen LogP contribution in [0.15, 0.2) is 33.4 Å². The molecular formula is C13H9N5O4S2. The molecule has 0 radical (unpaired) electrons. The Labute approximate surface area is 142 Å². The number of nitrogens with zero attached hydrogens (tertiary/aromatic N) is 5. The number of aromatic nitrogens is 4. The zero-order chi connectivity index (χ0) is 17.3. The number of hydrogen-bond acceptors (Lipinski definition) is 9. The Morgan fingerprint density at radius 2 is 2.04 bits per heavy atom. The maximum absolute atomic E-state index is 12.1. The quantitative estimate of drug-likeness (QED) is 0.291. The standard InChI is InChI=1S/C13H9N5O4S2/c1-7-11(20)17-12(15-14-7)24-13(16-17)23-6-10(19)8-2-4-9(5-3-8)18(21)22/h2-5H,6H2,1H3. The number of benzene rings is 1. The van der Waals surface area contributed by atoms with E-state index in [0.29, 0.717) is 14.9 Å². The molecule has 122 valence electrons. The van der Waals surface area contributed by atoms with Crippen molar-refractivity contribution in [3.63, 3.8) is 0 Å². The van der Waals surface area contributed by atoms with Gasteiger partial charge in [0, 0.05) is 17.7 Å². The fraction of sp³-hybridized carbons (Fsp3) is 0.154. The lowest BCUT2D eigenvalue weighted by atomic mass is 10.1. The third-order valence-electron chi connectivity index (χ3n) is 3.06. The molecular weight excluding hydrogens is 354 g/mol. The summed E-state index contributed by atoms with van der Waals surface area (Å²) in [5, 5.41) is 22.3. The second-order valence-corrected chi connectivity index (χ2v) is 6.85. The van der Waals surface area contributed by atoms with Crippen molar-refractivity contribution < 1.29 is 9.72 Å². The van der Waals surface area contributed by atoms with Gasteiger partial charge in [0.1, 0.15) is 5.69 Å². The fourth-order valence-electron chi connectivity index (χ4n) is 1.81. The first-order chi connectivity index (χ1) is 11.5. The molecule has 3 aromatic rings. The van der Waals surface area contributed by atoms with Crippen molar-refractivity contribution in [2.24, 2.45) is 0 Å². The number of fused-ring (bicyclic) bond motifs is 1. The van der Waals surface area contributed by atoms with Gasteiger partial charge in [-0.25, -0.2) is 0 Å². The summed E-state index contributed by atoms with van der Waals surface area (Å²) in [6.45, 7) is 1.55. The lowest BCUT2D eigenvalue weighted by Crippen LogP contribution is -2.19. The van der Waals surface area contributed by atoms with Gasteiger partial charge in [-0.3, -0.25) is 19.7 Å². The number of Topliss-reactive ketones (excluding diaryl/α,β-unsaturated/α-hetero) is 1. The number of carbonyl (C=O) groups is 1. The second kappa shape index (κ2) is 6.45. The van der Waals surface area contributed by atoms with Crippen LogP contribution in [0, 0.1) is 17.0 Å². The predicted octanol–water partition coefficient (Wildman–Crippen LogP) is 1.74. The van der Waals surface area contributed by atoms with Gasteiger partial charge in [0.25, 0.3) is 11.2 Å². The lowest BCUT2D eigenvalue weighted by Gasteiger charge is -1.99. The number of nitro groups is 1. The predicted molar refractivity (Wildman–Crippen MR) is 87.8 cm³/mol. The van der Waals surface area contributed by atoms with E-state index in [1.165, 1.54) is 36.0 Å². The highest BCUT2D eigenvalue weighted by Crippen LogP contribution is 2.24. The van der Waals surface area contributed by atoms with Crippen LogP contribution in [0.25, 0.3) is 4.96 Å². The zero-order valence-electron chi connectivity index (χ0n) is 12.2. The normalized spacial score (nSPS) is 10.9. The van der Waals surface area contributed by atoms with E-state index < -0.39 is 4.92 Å². The van der Waals surface area contributed by atoms with Gasteiger partial charge in [0.2, 0.25) is 4.96 Å². The zero-order valence-corrected chi connectivity index (χ0v) is 13.8. The van der Waals surface area contributed by atoms with Crippen molar-refractivity contribution in [2.75, 3.05) is 5.75 Å². The van der Waals surface area contributed by atoms with Crippen LogP contribution in [0.1, 0.15) is 16.1 Å². The van der Waals surface area contributed by atoms with Gasteiger partial charge >= 0.3 is 0 Å². The maximum Gasteiger partial charge on any atom is 0.296 e. The summed E-state index contributed by atoms with van der Waals surface area (Å²) in [5.41, 5.74) is 0.210. The highest BCUT2D eigenvalue weighted by molar-refractivity contribution is 8.01. The van der Waals surface area contributed by atoms with Crippen molar-refractivity contribution >= 4 is 39.5 Å². The Kier molecular flexibility index (Phi) is 4.36. The molecule has 3 rings (SSSR count). The first kappa shape index (κ1) is 16.2. The first-order valence-corrected chi connectivity index (χ1v) is 8.39. The molecule has 11 heteroatoms. The molecule has 24 heavy (non-hydrogen) atoms. The molecule has 0 saturated heterocycles. The number of thioether (sulfide) groups is 1. The number of carbonyl (C=O) groups excluding carboxylic acids is 1. The summed E-state index contributed by atoms with van der Waals surface area (Å²) in [6.07, 6.45) is 0. The van der Waals surface area contributed by atoms with Crippen LogP contribution in [0.4, 0.5) is 5.69 Å². The van der Waals surface area contributed by atoms with E-state index in [9.17, 15) is 19.7 Å². The van der Waals surface area contributed by atoms with E-state index in [0.717, 1.165) is 15.9 Å². The Balaban J connectivity index is 1.73. The summed E-state index contributed by atoms with van der Waals surface area (Å²) in [5.74, 6) is -0.0949. The van der Waals surface area contributed by atoms with Crippen LogP contribution in [0.5, 0.6) is 0 Å². The van der Waals surface area contributed by atoms with Gasteiger partial charge in [-0.1, -0.05) is 23.1 Å². The Morgan fingerprint density at radius 1 is 1.33 bits per heavy atom. The van der Waals surface area contributed by atoms with Crippen molar-refractivity contribution in [1.29, 1.82) is 0 Å². The fourth-order valence-corrected chi connectivity index (χ4v) is 3.58. The molecule has 0 aliphatic carbocycles. The Bertz CT molecular complexity index is 996. The van der Waals surface area contributed by atoms with Crippen LogP contribution in [0.2, 0.25) is 0 Å². The molecule has 2 aromatic heterocycles. The smallest absolute Gasteiger partial charge is 0.293 e. The second-order valence-electron chi connectivity index (χ2n) is 4.67. The van der Waals surface area contributed by atoms with Gasteiger partial charge < -0.3 is 0 Å². The average molecular weight is 363 g/mol. The van der Waals surface area contributed by atoms with E-state index in [-0.39, 0.29) is 28.5 Å². The Morgan fingerprint density at radius 3 is 2.71 bits per heavy atom. The van der Waals surface area contributed by atoms with Crippen LogP contribution < -0.4 is 5.56 Å². The number of ketones is 1. The minimum absolute atomic E-state index is 0.0707. The average Bonchev–Trinajstić information content (AvgIpc) is 3.00. The molecule has 0 aliphatic heterocycles. The molecule has 0 fully saturated rings. The number of non-ortho nitro benzene ring substituents is 1. The van der Waals surface area contributed by atoms with Crippen molar-refractivity contribution in [3.8, 4) is 0 Å². The lowest BCUT2D eigenvalue weighted by molar-refractivity contribution is -0.384. The van der Waals surface area contributed by atoms with E-state index >= 15 is 0 Å². The molecule has 0 aliphatic rings. The van der Waals surface area contributed by atoms with Crippen LogP contribution in [-0.2, 0) is 0 Å². The highest BCUT2D eigenvalue weighted by atomic mass is 32.2. The highest BCUT2D eigenvalue weighted by Gasteiger charge is 2.13. The maximum atomic E-state index is 12.1. The van der Waals surface area contributed by atoms with Gasteiger partial charge in [0.15, 0.2) is 10.1 Å². The van der Waals surface area contributed by atoms with E-state index in [2.05, 4.69) is 15.3 Å². The van der Waals surface area contributed by atoms with Gasteiger partial charge in [-0.15, -0.1) is 15.3 Å². The molecule has 0 unspecified atom stereocenters. The SMILES string of the molecule is Cc1nnc2sc(SCC(=O)c3ccc([N+](=O)[O-])cc3)nn2c1=O. The van der Waals surface area contributed by atoms with Gasteiger partial charge in [-0.05, 0) is 19.1 Å². The summed E-state index contributed by atoms with van der Waals surface area (Å²) < 4.78 is 1.67. The molecule has 0 bridgehead atoms. The van der Waals surface area contributed by atoms with Crippen LogP contribution in [0.3, 0.4) is 0 Å². The summed E-state index contributed by atoms with van der Waals surface area (Å²) in [7, 11) is 0. The molecule has 2 heterocycles. The number of rotatable bonds is 5. The number of nitro benzene ring substituents is 1. The van der Waals surface area contributed by atoms with Crippen LogP contribution >= 0.6 is 23.1 Å². The number of aryl methyl sites for hydroxylation is 1. The number of hydrogen-bond donors (Lipinski definition) is 0. The van der Waals surface area contributed by atoms with E-state index in [1.807, 2.05) is 0 Å². The van der Waals surface area contributed by atoms with Crippen molar-refractivity contribution in [2.45, 2.75) is 11.3 Å².